The van der Waals surface area contributed by atoms with E-state index in [-0.39, 0.29) is 28.4 Å². The summed E-state index contributed by atoms with van der Waals surface area (Å²) in [6.07, 6.45) is 5.07. The van der Waals surface area contributed by atoms with E-state index in [1.807, 2.05) is 0 Å². The lowest BCUT2D eigenvalue weighted by molar-refractivity contribution is 0.232. The predicted octanol–water partition coefficient (Wildman–Crippen LogP) is 2.51. The first kappa shape index (κ1) is 19.8. The molecule has 0 radical (unpaired) electrons. The van der Waals surface area contributed by atoms with Gasteiger partial charge in [0.05, 0.1) is 6.54 Å². The summed E-state index contributed by atoms with van der Waals surface area (Å²) < 4.78 is 0. The molecule has 1 heterocycles. The zero-order chi connectivity index (χ0) is 19.4. The Bertz CT molecular complexity index is 766. The summed E-state index contributed by atoms with van der Waals surface area (Å²) in [6.45, 7) is 8.52. The summed E-state index contributed by atoms with van der Waals surface area (Å²) in [7, 11) is 0. The molecule has 3 N–H and O–H groups in total. The van der Waals surface area contributed by atoms with Crippen molar-refractivity contribution in [3.05, 3.63) is 22.1 Å². The number of nitrogens with one attached hydrogen (secondary N) is 3. The Hall–Kier alpha value is -2.47. The van der Waals surface area contributed by atoms with Crippen molar-refractivity contribution >= 4 is 18.1 Å². The molecule has 0 bridgehead atoms. The van der Waals surface area contributed by atoms with E-state index in [0.29, 0.717) is 18.7 Å². The maximum atomic E-state index is 12.4. The number of hydrogen-bond acceptors (Lipinski definition) is 5. The third-order valence-corrected chi connectivity index (χ3v) is 4.91. The highest BCUT2D eigenvalue weighted by atomic mass is 16.2. The fraction of sp³-hybridized carbons (Fsp3) is 0.667. The van der Waals surface area contributed by atoms with Gasteiger partial charge in [-0.3, -0.25) is 15.1 Å². The molecule has 1 aliphatic carbocycles. The highest BCUT2D eigenvalue weighted by Crippen LogP contribution is 2.42. The fourth-order valence-corrected chi connectivity index (χ4v) is 3.61. The average molecular weight is 361 g/mol. The van der Waals surface area contributed by atoms with Crippen LogP contribution in [0.4, 0.5) is 10.7 Å². The maximum Gasteiger partial charge on any atom is 0.321 e. The molecule has 2 atom stereocenters. The highest BCUT2D eigenvalue weighted by Gasteiger charge is 2.37. The van der Waals surface area contributed by atoms with Crippen LogP contribution < -0.4 is 16.2 Å². The fourth-order valence-electron chi connectivity index (χ4n) is 3.61. The number of aromatic nitrogens is 2. The predicted molar refractivity (Wildman–Crippen MR) is 98.9 cm³/mol. The van der Waals surface area contributed by atoms with Gasteiger partial charge in [-0.05, 0) is 43.4 Å². The Morgan fingerprint density at radius 2 is 2.12 bits per heavy atom. The second kappa shape index (κ2) is 7.83. The topological polar surface area (TPSA) is 116 Å². The van der Waals surface area contributed by atoms with Crippen LogP contribution in [0.1, 0.15) is 52.1 Å². The molecule has 0 aliphatic heterocycles. The number of isocyanates is 1. The minimum absolute atomic E-state index is 0.0660. The molecule has 0 spiro atoms. The zero-order valence-corrected chi connectivity index (χ0v) is 15.8. The van der Waals surface area contributed by atoms with Gasteiger partial charge in [0.2, 0.25) is 12.0 Å². The first-order valence-electron chi connectivity index (χ1n) is 8.80. The lowest BCUT2D eigenvalue weighted by Gasteiger charge is -2.29. The Morgan fingerprint density at radius 1 is 1.38 bits per heavy atom. The number of amides is 2. The van der Waals surface area contributed by atoms with Crippen molar-refractivity contribution in [2.75, 3.05) is 11.9 Å². The number of urea groups is 1. The summed E-state index contributed by atoms with van der Waals surface area (Å²) in [5, 5.41) is 5.57. The van der Waals surface area contributed by atoms with Crippen LogP contribution in [0.3, 0.4) is 0 Å². The number of aromatic amines is 1. The van der Waals surface area contributed by atoms with Gasteiger partial charge >= 0.3 is 6.03 Å². The van der Waals surface area contributed by atoms with Gasteiger partial charge in [0.25, 0.3) is 5.56 Å². The van der Waals surface area contributed by atoms with Crippen LogP contribution >= 0.6 is 0 Å². The van der Waals surface area contributed by atoms with E-state index < -0.39 is 6.03 Å². The summed E-state index contributed by atoms with van der Waals surface area (Å²) in [5.41, 5.74) is 0.108. The number of nitrogens with zero attached hydrogens (tertiary/aromatic N) is 2. The van der Waals surface area contributed by atoms with Gasteiger partial charge in [-0.1, -0.05) is 20.8 Å². The Morgan fingerprint density at radius 3 is 2.77 bits per heavy atom. The molecule has 0 saturated heterocycles. The number of hydrogen-bond donors (Lipinski definition) is 3. The molecular weight excluding hydrogens is 334 g/mol. The molecule has 1 aliphatic rings. The van der Waals surface area contributed by atoms with Gasteiger partial charge in [0, 0.05) is 17.8 Å². The van der Waals surface area contributed by atoms with Gasteiger partial charge in [0.1, 0.15) is 0 Å². The van der Waals surface area contributed by atoms with Crippen molar-refractivity contribution in [1.29, 1.82) is 0 Å². The van der Waals surface area contributed by atoms with E-state index in [2.05, 4.69) is 46.4 Å². The Labute approximate surface area is 152 Å². The smallest absolute Gasteiger partial charge is 0.321 e. The van der Waals surface area contributed by atoms with Crippen molar-refractivity contribution in [1.82, 2.24) is 15.3 Å². The number of rotatable bonds is 4. The van der Waals surface area contributed by atoms with E-state index in [4.69, 9.17) is 0 Å². The molecule has 1 aromatic heterocycles. The minimum atomic E-state index is -0.414. The van der Waals surface area contributed by atoms with Gasteiger partial charge < -0.3 is 5.32 Å². The SMILES string of the molecule is Cc1cc(=O)[nH]c(NC(=O)NC2CC(C)(C)CCC(C)(CN=C=O)C2)n1. The number of carbonyl (C=O) groups excluding carboxylic acids is 2. The molecular formula is C18H27N5O3. The summed E-state index contributed by atoms with van der Waals surface area (Å²) >= 11 is 0. The van der Waals surface area contributed by atoms with Crippen LogP contribution in [0.25, 0.3) is 0 Å². The van der Waals surface area contributed by atoms with E-state index in [1.54, 1.807) is 13.0 Å². The summed E-state index contributed by atoms with van der Waals surface area (Å²) in [4.78, 5) is 44.7. The summed E-state index contributed by atoms with van der Waals surface area (Å²) in [5.74, 6) is 0.119. The number of H-pyrrole nitrogens is 1. The van der Waals surface area contributed by atoms with Gasteiger partial charge in [-0.15, -0.1) is 0 Å². The molecule has 2 rings (SSSR count). The van der Waals surface area contributed by atoms with Crippen LogP contribution in [0.2, 0.25) is 0 Å². The molecule has 26 heavy (non-hydrogen) atoms. The molecule has 1 saturated carbocycles. The average Bonchev–Trinajstić information content (AvgIpc) is 2.60. The van der Waals surface area contributed by atoms with Crippen LogP contribution in [0.15, 0.2) is 15.9 Å². The van der Waals surface area contributed by atoms with E-state index in [9.17, 15) is 14.4 Å². The van der Waals surface area contributed by atoms with Crippen LogP contribution in [-0.2, 0) is 4.79 Å². The molecule has 142 valence electrons. The molecule has 1 fully saturated rings. The third-order valence-electron chi connectivity index (χ3n) is 4.91. The minimum Gasteiger partial charge on any atom is -0.335 e. The number of aliphatic imine (C=N–C) groups is 1. The Balaban J connectivity index is 2.09. The normalized spacial score (nSPS) is 24.8. The molecule has 2 amide bonds. The number of aryl methyl sites for hydroxylation is 1. The molecule has 2 unspecified atom stereocenters. The van der Waals surface area contributed by atoms with Crippen molar-refractivity contribution in [2.45, 2.75) is 59.4 Å². The first-order chi connectivity index (χ1) is 12.1. The van der Waals surface area contributed by atoms with Gasteiger partial charge in [0.15, 0.2) is 0 Å². The van der Waals surface area contributed by atoms with E-state index in [0.717, 1.165) is 19.3 Å². The van der Waals surface area contributed by atoms with Crippen molar-refractivity contribution in [2.24, 2.45) is 15.8 Å². The lowest BCUT2D eigenvalue weighted by Crippen LogP contribution is -2.42. The van der Waals surface area contributed by atoms with Gasteiger partial charge in [-0.25, -0.2) is 19.6 Å². The molecule has 8 nitrogen and oxygen atoms in total. The maximum absolute atomic E-state index is 12.4. The van der Waals surface area contributed by atoms with Crippen molar-refractivity contribution < 1.29 is 9.59 Å². The monoisotopic (exact) mass is 361 g/mol. The highest BCUT2D eigenvalue weighted by molar-refractivity contribution is 5.87. The molecule has 1 aromatic rings. The van der Waals surface area contributed by atoms with Crippen molar-refractivity contribution in [3.8, 4) is 0 Å². The zero-order valence-electron chi connectivity index (χ0n) is 15.8. The largest absolute Gasteiger partial charge is 0.335 e. The molecule has 0 aromatic carbocycles. The van der Waals surface area contributed by atoms with Crippen LogP contribution in [0.5, 0.6) is 0 Å². The van der Waals surface area contributed by atoms with E-state index in [1.165, 1.54) is 6.07 Å². The number of anilines is 1. The lowest BCUT2D eigenvalue weighted by atomic mass is 9.80. The number of carbonyl (C=O) groups is 1. The van der Waals surface area contributed by atoms with Gasteiger partial charge in [-0.2, -0.15) is 0 Å². The van der Waals surface area contributed by atoms with Crippen LogP contribution in [0, 0.1) is 17.8 Å². The Kier molecular flexibility index (Phi) is 5.97. The molecule has 8 heteroatoms. The first-order valence-corrected chi connectivity index (χ1v) is 8.80. The quantitative estimate of drug-likeness (QED) is 0.434. The second-order valence-corrected chi connectivity index (χ2v) is 8.32. The third kappa shape index (κ3) is 5.81. The van der Waals surface area contributed by atoms with E-state index >= 15 is 0 Å². The summed E-state index contributed by atoms with van der Waals surface area (Å²) in [6, 6.07) is 0.870. The second-order valence-electron chi connectivity index (χ2n) is 8.32. The van der Waals surface area contributed by atoms with Crippen LogP contribution in [-0.4, -0.2) is 34.7 Å². The van der Waals surface area contributed by atoms with Crippen molar-refractivity contribution in [3.63, 3.8) is 0 Å². The standard InChI is InChI=1S/C18H27N5O3/c1-12-7-14(25)22-15(20-12)23-16(26)21-13-8-17(2,3)5-6-18(4,9-13)10-19-11-24/h7,13H,5-6,8-10H2,1-4H3,(H3,20,21,22,23,25,26).